The highest BCUT2D eigenvalue weighted by molar-refractivity contribution is 5.17. The van der Waals surface area contributed by atoms with Gasteiger partial charge in [-0.05, 0) is 36.2 Å². The lowest BCUT2D eigenvalue weighted by atomic mass is 10.2. The molecule has 0 saturated heterocycles. The summed E-state index contributed by atoms with van der Waals surface area (Å²) in [6.07, 6.45) is 4.08. The Morgan fingerprint density at radius 2 is 1.97 bits per heavy atom. The first kappa shape index (κ1) is 22.3. The second-order valence-corrected chi connectivity index (χ2v) is 7.44. The molecule has 3 rings (SSSR count). The molecule has 2 aromatic heterocycles. The molecule has 2 heterocycles. The molecule has 3 aromatic rings. The van der Waals surface area contributed by atoms with E-state index in [1.807, 2.05) is 18.2 Å². The lowest BCUT2D eigenvalue weighted by Crippen LogP contribution is -2.36. The normalized spacial score (nSPS) is 12.5. The number of aliphatic hydroxyl groups is 1. The van der Waals surface area contributed by atoms with E-state index in [0.717, 1.165) is 31.8 Å². The quantitative estimate of drug-likeness (QED) is 0.411. The summed E-state index contributed by atoms with van der Waals surface area (Å²) in [6, 6.07) is 18.4. The Morgan fingerprint density at radius 3 is 2.73 bits per heavy atom. The van der Waals surface area contributed by atoms with Crippen LogP contribution in [0.2, 0.25) is 0 Å². The molecule has 0 aliphatic carbocycles. The van der Waals surface area contributed by atoms with Crippen molar-refractivity contribution in [2.75, 3.05) is 33.4 Å². The third kappa shape index (κ3) is 7.46. The summed E-state index contributed by atoms with van der Waals surface area (Å²) in [5.41, 5.74) is 2.49. The Morgan fingerprint density at radius 1 is 1.10 bits per heavy atom. The maximum Gasteiger partial charge on any atom is 0.129 e. The van der Waals surface area contributed by atoms with Crippen molar-refractivity contribution in [1.29, 1.82) is 0 Å². The number of furan rings is 1. The lowest BCUT2D eigenvalue weighted by molar-refractivity contribution is 0.00251. The van der Waals surface area contributed by atoms with Gasteiger partial charge < -0.3 is 23.6 Å². The summed E-state index contributed by atoms with van der Waals surface area (Å²) in [4.78, 5) is 2.26. The van der Waals surface area contributed by atoms with Crippen LogP contribution in [0.4, 0.5) is 0 Å². The minimum absolute atomic E-state index is 0.270. The average Bonchev–Trinajstić information content (AvgIpc) is 3.41. The van der Waals surface area contributed by atoms with E-state index in [1.54, 1.807) is 13.4 Å². The first-order valence-corrected chi connectivity index (χ1v) is 10.4. The molecular weight excluding hydrogens is 380 g/mol. The van der Waals surface area contributed by atoms with Crippen LogP contribution in [0.3, 0.4) is 0 Å². The van der Waals surface area contributed by atoms with Gasteiger partial charge in [-0.25, -0.2) is 0 Å². The summed E-state index contributed by atoms with van der Waals surface area (Å²) in [7, 11) is 1.71. The summed E-state index contributed by atoms with van der Waals surface area (Å²) >= 11 is 0. The summed E-state index contributed by atoms with van der Waals surface area (Å²) in [6.45, 7) is 4.33. The molecule has 0 fully saturated rings. The van der Waals surface area contributed by atoms with Gasteiger partial charge >= 0.3 is 0 Å². The predicted molar refractivity (Wildman–Crippen MR) is 116 cm³/mol. The van der Waals surface area contributed by atoms with Crippen molar-refractivity contribution in [2.24, 2.45) is 0 Å². The smallest absolute Gasteiger partial charge is 0.129 e. The molecule has 0 aliphatic heterocycles. The van der Waals surface area contributed by atoms with Crippen molar-refractivity contribution in [3.63, 3.8) is 0 Å². The van der Waals surface area contributed by atoms with Crippen molar-refractivity contribution < 1.29 is 19.0 Å². The van der Waals surface area contributed by atoms with Crippen LogP contribution in [0.25, 0.3) is 0 Å². The van der Waals surface area contributed by atoms with Gasteiger partial charge in [-0.3, -0.25) is 4.90 Å². The van der Waals surface area contributed by atoms with Crippen LogP contribution in [0.5, 0.6) is 0 Å². The molecule has 0 saturated carbocycles. The van der Waals surface area contributed by atoms with Crippen LogP contribution >= 0.6 is 0 Å². The molecule has 6 nitrogen and oxygen atoms in total. The molecule has 30 heavy (non-hydrogen) atoms. The van der Waals surface area contributed by atoms with Gasteiger partial charge in [0.1, 0.15) is 12.4 Å². The minimum Gasteiger partial charge on any atom is -0.467 e. The van der Waals surface area contributed by atoms with Gasteiger partial charge in [0.05, 0.1) is 19.0 Å². The van der Waals surface area contributed by atoms with Crippen molar-refractivity contribution in [3.8, 4) is 0 Å². The first-order valence-electron chi connectivity index (χ1n) is 10.4. The summed E-state index contributed by atoms with van der Waals surface area (Å²) < 4.78 is 18.3. The zero-order chi connectivity index (χ0) is 21.0. The predicted octanol–water partition coefficient (Wildman–Crippen LogP) is 3.55. The second-order valence-electron chi connectivity index (χ2n) is 7.44. The molecule has 0 bridgehead atoms. The summed E-state index contributed by atoms with van der Waals surface area (Å²) in [5, 5.41) is 10.5. The van der Waals surface area contributed by atoms with Crippen molar-refractivity contribution in [1.82, 2.24) is 9.47 Å². The highest BCUT2D eigenvalue weighted by atomic mass is 16.5. The number of aliphatic hydroxyl groups excluding tert-OH is 1. The Hall–Kier alpha value is -2.38. The third-order valence-corrected chi connectivity index (χ3v) is 4.93. The topological polar surface area (TPSA) is 60.0 Å². The maximum atomic E-state index is 10.5. The molecule has 0 unspecified atom stereocenters. The maximum absolute atomic E-state index is 10.5. The SMILES string of the molecule is COCCCN(Cc1cccn1Cc1ccccc1)C[C@@H](O)COCc1ccco1. The van der Waals surface area contributed by atoms with Crippen LogP contribution < -0.4 is 0 Å². The zero-order valence-electron chi connectivity index (χ0n) is 17.7. The Kier molecular flexibility index (Phi) is 9.18. The van der Waals surface area contributed by atoms with Gasteiger partial charge in [-0.1, -0.05) is 30.3 Å². The highest BCUT2D eigenvalue weighted by Crippen LogP contribution is 2.12. The molecule has 162 valence electrons. The third-order valence-electron chi connectivity index (χ3n) is 4.93. The van der Waals surface area contributed by atoms with E-state index in [4.69, 9.17) is 13.9 Å². The number of ether oxygens (including phenoxy) is 2. The van der Waals surface area contributed by atoms with E-state index >= 15 is 0 Å². The molecule has 0 radical (unpaired) electrons. The number of rotatable bonds is 14. The largest absolute Gasteiger partial charge is 0.467 e. The van der Waals surface area contributed by atoms with Crippen molar-refractivity contribution in [2.45, 2.75) is 32.2 Å². The highest BCUT2D eigenvalue weighted by Gasteiger charge is 2.15. The van der Waals surface area contributed by atoms with E-state index in [-0.39, 0.29) is 6.61 Å². The lowest BCUT2D eigenvalue weighted by Gasteiger charge is -2.25. The number of hydrogen-bond donors (Lipinski definition) is 1. The van der Waals surface area contributed by atoms with Gasteiger partial charge in [-0.15, -0.1) is 0 Å². The van der Waals surface area contributed by atoms with Crippen LogP contribution in [-0.2, 0) is 29.2 Å². The van der Waals surface area contributed by atoms with Gasteiger partial charge in [0.25, 0.3) is 0 Å². The molecular formula is C24H32N2O4. The Balaban J connectivity index is 1.54. The standard InChI is InChI=1S/C24H32N2O4/c1-28-14-7-12-25(18-23(27)19-29-20-24-11-6-15-30-24)17-22-10-5-13-26(22)16-21-8-3-2-4-9-21/h2-6,8-11,13,15,23,27H,7,12,14,16-20H2,1H3/t23-/m1/s1. The molecule has 1 atom stereocenters. The number of nitrogens with zero attached hydrogens (tertiary/aromatic N) is 2. The van der Waals surface area contributed by atoms with E-state index in [0.29, 0.717) is 19.8 Å². The summed E-state index contributed by atoms with van der Waals surface area (Å²) in [5.74, 6) is 0.762. The Bertz CT molecular complexity index is 817. The van der Waals surface area contributed by atoms with Gasteiger partial charge in [0.2, 0.25) is 0 Å². The molecule has 1 N–H and O–H groups in total. The van der Waals surface area contributed by atoms with Crippen LogP contribution in [-0.4, -0.2) is 54.1 Å². The first-order chi connectivity index (χ1) is 14.7. The van der Waals surface area contributed by atoms with Crippen LogP contribution in [0.1, 0.15) is 23.4 Å². The fraction of sp³-hybridized carbons (Fsp3) is 0.417. The minimum atomic E-state index is -0.569. The second kappa shape index (κ2) is 12.3. The number of aromatic nitrogens is 1. The molecule has 0 aliphatic rings. The van der Waals surface area contributed by atoms with Crippen molar-refractivity contribution in [3.05, 3.63) is 84.1 Å². The van der Waals surface area contributed by atoms with E-state index in [1.165, 1.54) is 11.3 Å². The average molecular weight is 413 g/mol. The van der Waals surface area contributed by atoms with Gasteiger partial charge in [-0.2, -0.15) is 0 Å². The fourth-order valence-corrected chi connectivity index (χ4v) is 3.46. The number of hydrogen-bond acceptors (Lipinski definition) is 5. The van der Waals surface area contributed by atoms with E-state index < -0.39 is 6.10 Å². The van der Waals surface area contributed by atoms with Crippen LogP contribution in [0, 0.1) is 0 Å². The molecule has 6 heteroatoms. The molecule has 0 amide bonds. The van der Waals surface area contributed by atoms with Gasteiger partial charge in [0, 0.05) is 51.8 Å². The zero-order valence-corrected chi connectivity index (χ0v) is 17.7. The Labute approximate surface area is 178 Å². The van der Waals surface area contributed by atoms with Gasteiger partial charge in [0.15, 0.2) is 0 Å². The monoisotopic (exact) mass is 412 g/mol. The molecule has 0 spiro atoms. The fourth-order valence-electron chi connectivity index (χ4n) is 3.46. The molecule has 1 aromatic carbocycles. The number of methoxy groups -OCH3 is 1. The number of benzene rings is 1. The van der Waals surface area contributed by atoms with Crippen LogP contribution in [0.15, 0.2) is 71.5 Å². The van der Waals surface area contributed by atoms with E-state index in [9.17, 15) is 5.11 Å². The van der Waals surface area contributed by atoms with E-state index in [2.05, 4.69) is 52.1 Å². The van der Waals surface area contributed by atoms with Crippen molar-refractivity contribution >= 4 is 0 Å².